The molecule has 1 atom stereocenters. The molecule has 1 aromatic carbocycles. The molecule has 1 aromatic heterocycles. The maximum Gasteiger partial charge on any atom is 0.125 e. The van der Waals surface area contributed by atoms with E-state index in [1.165, 1.54) is 5.56 Å². The van der Waals surface area contributed by atoms with E-state index in [0.29, 0.717) is 18.5 Å². The van der Waals surface area contributed by atoms with Gasteiger partial charge in [0.25, 0.3) is 0 Å². The third-order valence-electron chi connectivity index (χ3n) is 3.38. The summed E-state index contributed by atoms with van der Waals surface area (Å²) in [6.45, 7) is 4.96. The molecule has 0 saturated carbocycles. The fourth-order valence-corrected chi connectivity index (χ4v) is 2.76. The van der Waals surface area contributed by atoms with Crippen LogP contribution in [0.3, 0.4) is 0 Å². The van der Waals surface area contributed by atoms with Crippen molar-refractivity contribution in [3.63, 3.8) is 0 Å². The van der Waals surface area contributed by atoms with E-state index < -0.39 is 0 Å². The van der Waals surface area contributed by atoms with E-state index in [1.54, 1.807) is 7.11 Å². The Morgan fingerprint density at radius 3 is 2.84 bits per heavy atom. The molecule has 1 heterocycles. The maximum atomic E-state index is 6.06. The maximum absolute atomic E-state index is 6.06. The quantitative estimate of drug-likeness (QED) is 0.746. The van der Waals surface area contributed by atoms with Crippen LogP contribution in [-0.2, 0) is 10.6 Å². The molecule has 0 fully saturated rings. The Morgan fingerprint density at radius 2 is 2.21 bits per heavy atom. The Labute approximate surface area is 119 Å². The topological polar surface area (TPSA) is 27.1 Å². The predicted molar refractivity (Wildman–Crippen MR) is 79.8 cm³/mol. The van der Waals surface area contributed by atoms with Crippen molar-refractivity contribution in [3.05, 3.63) is 29.6 Å². The zero-order chi connectivity index (χ0) is 13.8. The van der Waals surface area contributed by atoms with Crippen molar-refractivity contribution in [1.29, 1.82) is 0 Å². The van der Waals surface area contributed by atoms with E-state index >= 15 is 0 Å². The third-order valence-corrected chi connectivity index (χ3v) is 3.62. The van der Waals surface area contributed by atoms with Crippen LogP contribution in [0.25, 0.3) is 11.0 Å². The first-order valence-electron chi connectivity index (χ1n) is 6.73. The smallest absolute Gasteiger partial charge is 0.125 e. The number of hydrogen-bond acceptors (Lipinski definition) is 2. The van der Waals surface area contributed by atoms with Gasteiger partial charge in [-0.2, -0.15) is 0 Å². The van der Waals surface area contributed by atoms with Gasteiger partial charge in [0, 0.05) is 7.11 Å². The molecule has 19 heavy (non-hydrogen) atoms. The zero-order valence-corrected chi connectivity index (χ0v) is 12.6. The molecule has 2 rings (SSSR count). The number of halogens is 1. The Morgan fingerprint density at radius 1 is 1.42 bits per heavy atom. The lowest BCUT2D eigenvalue weighted by Gasteiger charge is -2.20. The van der Waals surface area contributed by atoms with Crippen molar-refractivity contribution in [2.45, 2.75) is 38.6 Å². The molecule has 2 aromatic rings. The second-order valence-corrected chi connectivity index (χ2v) is 5.19. The van der Waals surface area contributed by atoms with Gasteiger partial charge in [0.15, 0.2) is 0 Å². The zero-order valence-electron chi connectivity index (χ0n) is 11.8. The summed E-state index contributed by atoms with van der Waals surface area (Å²) in [6.07, 6.45) is 2.18. The number of alkyl halides is 1. The average Bonchev–Trinajstić information content (AvgIpc) is 2.75. The Bertz CT molecular complexity index is 544. The highest BCUT2D eigenvalue weighted by Gasteiger charge is 2.18. The van der Waals surface area contributed by atoms with Gasteiger partial charge in [-0.3, -0.25) is 0 Å². The van der Waals surface area contributed by atoms with Gasteiger partial charge in [0.05, 0.1) is 29.6 Å². The van der Waals surface area contributed by atoms with Crippen LogP contribution in [0.1, 0.15) is 37.2 Å². The SMILES string of the molecule is CCCC(COC)n1c(CCl)nc2cc(C)ccc21. The highest BCUT2D eigenvalue weighted by Crippen LogP contribution is 2.26. The lowest BCUT2D eigenvalue weighted by Crippen LogP contribution is -2.16. The normalized spacial score (nSPS) is 13.1. The largest absolute Gasteiger partial charge is 0.383 e. The van der Waals surface area contributed by atoms with Crippen molar-refractivity contribution >= 4 is 22.6 Å². The van der Waals surface area contributed by atoms with Crippen LogP contribution in [-0.4, -0.2) is 23.3 Å². The van der Waals surface area contributed by atoms with Gasteiger partial charge in [-0.15, -0.1) is 11.6 Å². The molecule has 4 heteroatoms. The van der Waals surface area contributed by atoms with E-state index in [-0.39, 0.29) is 0 Å². The molecule has 0 aliphatic carbocycles. The van der Waals surface area contributed by atoms with Crippen LogP contribution in [0.2, 0.25) is 0 Å². The summed E-state index contributed by atoms with van der Waals surface area (Å²) in [6, 6.07) is 6.66. The second-order valence-electron chi connectivity index (χ2n) is 4.92. The van der Waals surface area contributed by atoms with Crippen molar-refractivity contribution in [3.8, 4) is 0 Å². The summed E-state index contributed by atoms with van der Waals surface area (Å²) in [5.74, 6) is 1.36. The van der Waals surface area contributed by atoms with Gasteiger partial charge < -0.3 is 9.30 Å². The molecule has 0 aliphatic heterocycles. The number of hydrogen-bond donors (Lipinski definition) is 0. The summed E-state index contributed by atoms with van der Waals surface area (Å²) in [4.78, 5) is 4.65. The number of aromatic nitrogens is 2. The number of nitrogens with zero attached hydrogens (tertiary/aromatic N) is 2. The van der Waals surface area contributed by atoms with Crippen molar-refractivity contribution in [1.82, 2.24) is 9.55 Å². The van der Waals surface area contributed by atoms with Crippen LogP contribution in [0.15, 0.2) is 18.2 Å². The summed E-state index contributed by atoms with van der Waals surface area (Å²) in [5.41, 5.74) is 3.39. The molecule has 1 unspecified atom stereocenters. The minimum atomic E-state index is 0.302. The first kappa shape index (κ1) is 14.4. The predicted octanol–water partition coefficient (Wildman–Crippen LogP) is 4.07. The number of rotatable bonds is 6. The monoisotopic (exact) mass is 280 g/mol. The number of fused-ring (bicyclic) bond motifs is 1. The summed E-state index contributed by atoms with van der Waals surface area (Å²) < 4.78 is 7.61. The highest BCUT2D eigenvalue weighted by atomic mass is 35.5. The average molecular weight is 281 g/mol. The van der Waals surface area contributed by atoms with Gasteiger partial charge in [-0.05, 0) is 31.0 Å². The van der Waals surface area contributed by atoms with E-state index in [0.717, 1.165) is 29.7 Å². The van der Waals surface area contributed by atoms with Crippen LogP contribution >= 0.6 is 11.6 Å². The standard InChI is InChI=1S/C15H21ClN2O/c1-4-5-12(10-19-3)18-14-7-6-11(2)8-13(14)17-15(18)9-16/h6-8,12H,4-5,9-10H2,1-3H3. The van der Waals surface area contributed by atoms with E-state index in [4.69, 9.17) is 16.3 Å². The summed E-state index contributed by atoms with van der Waals surface area (Å²) in [7, 11) is 1.74. The molecular weight excluding hydrogens is 260 g/mol. The molecule has 104 valence electrons. The molecule has 0 bridgehead atoms. The fraction of sp³-hybridized carbons (Fsp3) is 0.533. The van der Waals surface area contributed by atoms with Gasteiger partial charge in [-0.25, -0.2) is 4.98 Å². The molecule has 0 amide bonds. The summed E-state index contributed by atoms with van der Waals surface area (Å²) in [5, 5.41) is 0. The number of benzene rings is 1. The lowest BCUT2D eigenvalue weighted by molar-refractivity contribution is 0.151. The molecule has 0 radical (unpaired) electrons. The molecule has 3 nitrogen and oxygen atoms in total. The first-order valence-corrected chi connectivity index (χ1v) is 7.27. The molecule has 0 spiro atoms. The van der Waals surface area contributed by atoms with Gasteiger partial charge in [0.2, 0.25) is 0 Å². The number of ether oxygens (including phenoxy) is 1. The number of aryl methyl sites for hydroxylation is 1. The lowest BCUT2D eigenvalue weighted by atomic mass is 10.1. The van der Waals surface area contributed by atoms with Crippen molar-refractivity contribution in [2.75, 3.05) is 13.7 Å². The molecule has 0 saturated heterocycles. The fourth-order valence-electron chi connectivity index (χ4n) is 2.57. The highest BCUT2D eigenvalue weighted by molar-refractivity contribution is 6.16. The molecule has 0 aliphatic rings. The third kappa shape index (κ3) is 2.93. The van der Waals surface area contributed by atoms with Crippen LogP contribution in [0.4, 0.5) is 0 Å². The minimum Gasteiger partial charge on any atom is -0.383 e. The number of imidazole rings is 1. The van der Waals surface area contributed by atoms with Crippen molar-refractivity contribution < 1.29 is 4.74 Å². The van der Waals surface area contributed by atoms with Gasteiger partial charge in [-0.1, -0.05) is 19.4 Å². The Kier molecular flexibility index (Phi) is 4.83. The number of methoxy groups -OCH3 is 1. The van der Waals surface area contributed by atoms with E-state index in [2.05, 4.69) is 41.6 Å². The Hall–Kier alpha value is -1.06. The minimum absolute atomic E-state index is 0.302. The van der Waals surface area contributed by atoms with Gasteiger partial charge >= 0.3 is 0 Å². The van der Waals surface area contributed by atoms with Crippen LogP contribution in [0.5, 0.6) is 0 Å². The van der Waals surface area contributed by atoms with E-state index in [1.807, 2.05) is 0 Å². The molecule has 0 N–H and O–H groups in total. The summed E-state index contributed by atoms with van der Waals surface area (Å²) >= 11 is 6.06. The second kappa shape index (κ2) is 6.40. The molecular formula is C15H21ClN2O. The Balaban J connectivity index is 2.54. The first-order chi connectivity index (χ1) is 9.21. The van der Waals surface area contributed by atoms with E-state index in [9.17, 15) is 0 Å². The van der Waals surface area contributed by atoms with Crippen molar-refractivity contribution in [2.24, 2.45) is 0 Å². The van der Waals surface area contributed by atoms with Gasteiger partial charge in [0.1, 0.15) is 5.82 Å². The van der Waals surface area contributed by atoms with Crippen LogP contribution < -0.4 is 0 Å². The van der Waals surface area contributed by atoms with Crippen LogP contribution in [0, 0.1) is 6.92 Å².